The van der Waals surface area contributed by atoms with Crippen LogP contribution >= 0.6 is 34.8 Å². The molecule has 0 saturated carbocycles. The molecule has 0 fully saturated rings. The number of halogens is 3. The number of carbonyl (C=O) groups is 1. The first-order chi connectivity index (χ1) is 18.0. The molecule has 0 atom stereocenters. The third-order valence-electron chi connectivity index (χ3n) is 5.76. The van der Waals surface area contributed by atoms with Crippen LogP contribution in [0.25, 0.3) is 17.1 Å². The van der Waals surface area contributed by atoms with E-state index < -0.39 is 5.56 Å². The molecule has 2 aromatic rings. The number of fused-ring (bicyclic) bond motifs is 1. The van der Waals surface area contributed by atoms with Crippen LogP contribution in [-0.2, 0) is 11.2 Å². The molecule has 0 unspecified atom stereocenters. The number of hydrogen-bond acceptors (Lipinski definition) is 6. The van der Waals surface area contributed by atoms with Gasteiger partial charge in [0.05, 0.1) is 35.1 Å². The first-order valence-electron chi connectivity index (χ1n) is 11.8. The lowest BCUT2D eigenvalue weighted by atomic mass is 10.1. The molecule has 2 N–H and O–H groups in total. The summed E-state index contributed by atoms with van der Waals surface area (Å²) in [6.07, 6.45) is 0.248. The second-order valence-corrected chi connectivity index (χ2v) is 10.6. The zero-order chi connectivity index (χ0) is 27.7. The van der Waals surface area contributed by atoms with Gasteiger partial charge in [-0.1, -0.05) is 54.7 Å². The second kappa shape index (κ2) is 11.3. The summed E-state index contributed by atoms with van der Waals surface area (Å²) in [4.78, 5) is 36.2. The van der Waals surface area contributed by atoms with Gasteiger partial charge in [0.25, 0.3) is 5.56 Å². The molecule has 4 rings (SSSR count). The minimum Gasteiger partial charge on any atom is -0.495 e. The molecule has 2 heterocycles. The maximum Gasteiger partial charge on any atom is 0.284 e. The van der Waals surface area contributed by atoms with E-state index in [4.69, 9.17) is 44.5 Å². The van der Waals surface area contributed by atoms with Gasteiger partial charge in [0, 0.05) is 11.4 Å². The lowest BCUT2D eigenvalue weighted by molar-refractivity contribution is -0.116. The zero-order valence-corrected chi connectivity index (χ0v) is 23.8. The topological polar surface area (TPSA) is 105 Å². The summed E-state index contributed by atoms with van der Waals surface area (Å²) >= 11 is 19.1. The average molecular weight is 578 g/mol. The third kappa shape index (κ3) is 5.81. The molecule has 38 heavy (non-hydrogen) atoms. The number of hydrogen-bond donors (Lipinski definition) is 2. The number of aromatic amines is 1. The van der Waals surface area contributed by atoms with Crippen LogP contribution in [0.1, 0.15) is 36.8 Å². The second-order valence-electron chi connectivity index (χ2n) is 9.37. The predicted octanol–water partition coefficient (Wildman–Crippen LogP) is 5.24. The van der Waals surface area contributed by atoms with Crippen molar-refractivity contribution in [3.05, 3.63) is 72.8 Å². The quantitative estimate of drug-likeness (QED) is 0.297. The minimum atomic E-state index is -0.413. The minimum absolute atomic E-state index is 0.0229. The zero-order valence-electron chi connectivity index (χ0n) is 21.5. The normalized spacial score (nSPS) is 11.5. The number of ether oxygens (including phenoxy) is 1. The summed E-state index contributed by atoms with van der Waals surface area (Å²) in [6, 6.07) is 8.50. The number of methoxy groups -OCH3 is 1. The van der Waals surface area contributed by atoms with Crippen molar-refractivity contribution in [2.75, 3.05) is 33.1 Å². The molecule has 0 spiro atoms. The molecule has 2 aliphatic heterocycles. The monoisotopic (exact) mass is 576 g/mol. The highest BCUT2D eigenvalue weighted by atomic mass is 35.5. The molecule has 0 bridgehead atoms. The smallest absolute Gasteiger partial charge is 0.284 e. The van der Waals surface area contributed by atoms with E-state index in [1.54, 1.807) is 33.8 Å². The van der Waals surface area contributed by atoms with E-state index in [-0.39, 0.29) is 24.8 Å². The number of H-pyrrole nitrogens is 1. The molecule has 2 aliphatic rings. The van der Waals surface area contributed by atoms with Gasteiger partial charge >= 0.3 is 0 Å². The fraction of sp³-hybridized carbons (Fsp3) is 0.308. The number of carbonyl (C=O) groups excluding carboxylic acids is 1. The fourth-order valence-electron chi connectivity index (χ4n) is 4.11. The Bertz CT molecular complexity index is 1510. The number of anilines is 1. The van der Waals surface area contributed by atoms with E-state index in [0.717, 1.165) is 5.56 Å². The van der Waals surface area contributed by atoms with Crippen LogP contribution in [0.4, 0.5) is 5.69 Å². The number of likely N-dealkylation sites (N-methyl/N-ethyl adjacent to an activating group) is 1. The standard InChI is InChI=1S/C26H27Cl3N6O3/c1-13(2)23-22-25(35(33-23)24-16(28)10-15(27)11-17(24)29)31-20(32-26(22)37)9-14-6-7-18(19(8-14)38-5)30-21(36)12-34(3)4/h6-8,10-11,13,33H,9,12H2,1-5H3,(H,30,36). The van der Waals surface area contributed by atoms with Gasteiger partial charge < -0.3 is 15.0 Å². The van der Waals surface area contributed by atoms with Crippen LogP contribution in [0, 0.1) is 0 Å². The van der Waals surface area contributed by atoms with Crippen LogP contribution in [0.3, 0.4) is 0 Å². The number of benzene rings is 2. The van der Waals surface area contributed by atoms with Crippen LogP contribution in [0.2, 0.25) is 15.1 Å². The molecule has 2 aromatic carbocycles. The summed E-state index contributed by atoms with van der Waals surface area (Å²) in [6.45, 7) is 4.15. The van der Waals surface area contributed by atoms with Crippen molar-refractivity contribution in [2.45, 2.75) is 26.2 Å². The van der Waals surface area contributed by atoms with Crippen molar-refractivity contribution in [2.24, 2.45) is 0 Å². The molecular formula is C26H27Cl3N6O3. The summed E-state index contributed by atoms with van der Waals surface area (Å²) in [5.74, 6) is 0.956. The SMILES string of the molecule is COc1cc(Cc2nc3n(-c4c(Cl)cc(Cl)cc4Cl)[nH]c(C(C)C)c-3c(=O)n2)ccc1NC(=O)CN(C)C. The summed E-state index contributed by atoms with van der Waals surface area (Å²) in [5.41, 5.74) is 2.38. The molecule has 0 saturated heterocycles. The van der Waals surface area contributed by atoms with E-state index in [2.05, 4.69) is 15.4 Å². The Morgan fingerprint density at radius 3 is 2.42 bits per heavy atom. The Kier molecular flexibility index (Phi) is 8.32. The van der Waals surface area contributed by atoms with E-state index in [9.17, 15) is 9.59 Å². The van der Waals surface area contributed by atoms with Crippen LogP contribution in [0.5, 0.6) is 5.75 Å². The van der Waals surface area contributed by atoms with E-state index in [1.807, 2.05) is 34.0 Å². The third-order valence-corrected chi connectivity index (χ3v) is 6.56. The van der Waals surface area contributed by atoms with Gasteiger partial charge in [-0.05, 0) is 49.8 Å². The molecule has 1 amide bonds. The van der Waals surface area contributed by atoms with Crippen molar-refractivity contribution >= 4 is 46.4 Å². The maximum absolute atomic E-state index is 13.2. The molecular weight excluding hydrogens is 551 g/mol. The van der Waals surface area contributed by atoms with E-state index in [0.29, 0.717) is 55.1 Å². The molecule has 200 valence electrons. The van der Waals surface area contributed by atoms with Crippen LogP contribution in [-0.4, -0.2) is 58.3 Å². The molecule has 9 nitrogen and oxygen atoms in total. The van der Waals surface area contributed by atoms with Crippen molar-refractivity contribution in [3.8, 4) is 22.8 Å². The molecule has 0 aromatic heterocycles. The Morgan fingerprint density at radius 1 is 1.13 bits per heavy atom. The number of nitrogens with one attached hydrogen (secondary N) is 2. The Labute approximate surface area is 235 Å². The average Bonchev–Trinajstić information content (AvgIpc) is 3.19. The number of aromatic nitrogens is 4. The van der Waals surface area contributed by atoms with Gasteiger partial charge in [-0.3, -0.25) is 14.7 Å². The molecule has 12 heteroatoms. The van der Waals surface area contributed by atoms with Gasteiger partial charge in [-0.2, -0.15) is 4.98 Å². The largest absolute Gasteiger partial charge is 0.495 e. The number of rotatable bonds is 8. The van der Waals surface area contributed by atoms with Crippen LogP contribution < -0.4 is 15.6 Å². The number of nitrogens with zero attached hydrogens (tertiary/aromatic N) is 4. The highest BCUT2D eigenvalue weighted by molar-refractivity contribution is 6.40. The number of amides is 1. The van der Waals surface area contributed by atoms with Crippen molar-refractivity contribution < 1.29 is 9.53 Å². The highest BCUT2D eigenvalue weighted by Crippen LogP contribution is 2.36. The Balaban J connectivity index is 1.76. The van der Waals surface area contributed by atoms with Gasteiger partial charge in [0.2, 0.25) is 5.91 Å². The van der Waals surface area contributed by atoms with Gasteiger partial charge in [0.1, 0.15) is 22.8 Å². The first-order valence-corrected chi connectivity index (χ1v) is 12.9. The molecule has 0 aliphatic carbocycles. The van der Waals surface area contributed by atoms with Crippen LogP contribution in [0.15, 0.2) is 35.1 Å². The fourth-order valence-corrected chi connectivity index (χ4v) is 5.10. The lowest BCUT2D eigenvalue weighted by Crippen LogP contribution is -2.27. The van der Waals surface area contributed by atoms with Crippen molar-refractivity contribution in [3.63, 3.8) is 0 Å². The van der Waals surface area contributed by atoms with E-state index in [1.165, 1.54) is 7.11 Å². The maximum atomic E-state index is 13.2. The van der Waals surface area contributed by atoms with Gasteiger partial charge in [-0.15, -0.1) is 0 Å². The summed E-state index contributed by atoms with van der Waals surface area (Å²) < 4.78 is 7.09. The van der Waals surface area contributed by atoms with Gasteiger partial charge in [-0.25, -0.2) is 9.67 Å². The van der Waals surface area contributed by atoms with Crippen molar-refractivity contribution in [1.29, 1.82) is 0 Å². The van der Waals surface area contributed by atoms with Crippen molar-refractivity contribution in [1.82, 2.24) is 24.6 Å². The Hall–Kier alpha value is -3.11. The Morgan fingerprint density at radius 2 is 1.82 bits per heavy atom. The molecule has 0 radical (unpaired) electrons. The predicted molar refractivity (Wildman–Crippen MR) is 151 cm³/mol. The van der Waals surface area contributed by atoms with E-state index >= 15 is 0 Å². The summed E-state index contributed by atoms with van der Waals surface area (Å²) in [7, 11) is 5.15. The first kappa shape index (κ1) is 27.9. The summed E-state index contributed by atoms with van der Waals surface area (Å²) in [5, 5.41) is 7.07. The lowest BCUT2D eigenvalue weighted by Gasteiger charge is -2.14. The highest BCUT2D eigenvalue weighted by Gasteiger charge is 2.27. The van der Waals surface area contributed by atoms with Gasteiger partial charge in [0.15, 0.2) is 5.82 Å².